The summed E-state index contributed by atoms with van der Waals surface area (Å²) in [5, 5.41) is 6.84. The van der Waals surface area contributed by atoms with Crippen LogP contribution in [0.15, 0.2) is 83.3 Å². The summed E-state index contributed by atoms with van der Waals surface area (Å²) in [7, 11) is 1.66. The Balaban J connectivity index is 1.71. The third-order valence-corrected chi connectivity index (χ3v) is 4.82. The van der Waals surface area contributed by atoms with Crippen LogP contribution in [0.3, 0.4) is 0 Å². The number of hydrogen-bond acceptors (Lipinski definition) is 4. The van der Waals surface area contributed by atoms with E-state index in [4.69, 9.17) is 9.84 Å². The first-order valence-electron chi connectivity index (χ1n) is 8.20. The summed E-state index contributed by atoms with van der Waals surface area (Å²) < 4.78 is 7.08. The SMILES string of the molecule is COc1ccc(N=Cc2cn(-c3ccccc3)nc2-c2cccs2)cc1. The maximum absolute atomic E-state index is 5.19. The van der Waals surface area contributed by atoms with E-state index in [-0.39, 0.29) is 0 Å². The molecule has 4 aromatic rings. The maximum atomic E-state index is 5.19. The molecule has 0 unspecified atom stereocenters. The Labute approximate surface area is 156 Å². The van der Waals surface area contributed by atoms with Gasteiger partial charge in [-0.05, 0) is 47.8 Å². The minimum atomic E-state index is 0.820. The van der Waals surface area contributed by atoms with E-state index in [0.717, 1.165) is 33.3 Å². The molecule has 0 fully saturated rings. The van der Waals surface area contributed by atoms with Crippen molar-refractivity contribution >= 4 is 23.2 Å². The van der Waals surface area contributed by atoms with Crippen LogP contribution in [0.1, 0.15) is 5.56 Å². The third-order valence-electron chi connectivity index (χ3n) is 3.94. The van der Waals surface area contributed by atoms with Gasteiger partial charge in [-0.25, -0.2) is 4.68 Å². The van der Waals surface area contributed by atoms with Crippen LogP contribution in [-0.2, 0) is 0 Å². The highest BCUT2D eigenvalue weighted by atomic mass is 32.1. The molecule has 128 valence electrons. The average molecular weight is 359 g/mol. The van der Waals surface area contributed by atoms with E-state index in [1.165, 1.54) is 0 Å². The first-order valence-corrected chi connectivity index (χ1v) is 9.08. The molecule has 0 aliphatic carbocycles. The highest BCUT2D eigenvalue weighted by molar-refractivity contribution is 7.13. The summed E-state index contributed by atoms with van der Waals surface area (Å²) >= 11 is 1.67. The van der Waals surface area contributed by atoms with Gasteiger partial charge in [-0.1, -0.05) is 24.3 Å². The number of ether oxygens (including phenoxy) is 1. The van der Waals surface area contributed by atoms with Crippen molar-refractivity contribution in [1.29, 1.82) is 0 Å². The smallest absolute Gasteiger partial charge is 0.119 e. The summed E-state index contributed by atoms with van der Waals surface area (Å²) in [5.41, 5.74) is 3.80. The van der Waals surface area contributed by atoms with E-state index in [1.807, 2.05) is 77.8 Å². The van der Waals surface area contributed by atoms with Crippen molar-refractivity contribution in [1.82, 2.24) is 9.78 Å². The molecule has 4 rings (SSSR count). The zero-order valence-electron chi connectivity index (χ0n) is 14.2. The molecule has 0 N–H and O–H groups in total. The lowest BCUT2D eigenvalue weighted by Gasteiger charge is -1.99. The Bertz CT molecular complexity index is 1000. The Morgan fingerprint density at radius 3 is 2.50 bits per heavy atom. The van der Waals surface area contributed by atoms with E-state index in [9.17, 15) is 0 Å². The van der Waals surface area contributed by atoms with Crippen LogP contribution < -0.4 is 4.74 Å². The lowest BCUT2D eigenvalue weighted by Crippen LogP contribution is -1.93. The second-order valence-corrected chi connectivity index (χ2v) is 6.59. The molecule has 0 saturated heterocycles. The highest BCUT2D eigenvalue weighted by Gasteiger charge is 2.11. The summed E-state index contributed by atoms with van der Waals surface area (Å²) in [6, 6.07) is 21.9. The molecule has 0 atom stereocenters. The van der Waals surface area contributed by atoms with Gasteiger partial charge in [0.15, 0.2) is 0 Å². The van der Waals surface area contributed by atoms with Crippen molar-refractivity contribution in [2.24, 2.45) is 4.99 Å². The predicted molar refractivity (Wildman–Crippen MR) is 107 cm³/mol. The second kappa shape index (κ2) is 7.37. The number of hydrogen-bond donors (Lipinski definition) is 0. The standard InChI is InChI=1S/C21H17N3OS/c1-25-19-11-9-17(10-12-19)22-14-16-15-24(18-6-3-2-4-7-18)23-21(16)20-8-5-13-26-20/h2-15H,1H3. The number of benzene rings is 2. The van der Waals surface area contributed by atoms with Gasteiger partial charge in [-0.3, -0.25) is 4.99 Å². The van der Waals surface area contributed by atoms with Crippen molar-refractivity contribution < 1.29 is 4.74 Å². The van der Waals surface area contributed by atoms with Crippen LogP contribution in [0.4, 0.5) is 5.69 Å². The zero-order chi connectivity index (χ0) is 17.8. The van der Waals surface area contributed by atoms with Gasteiger partial charge in [-0.15, -0.1) is 11.3 Å². The Kier molecular flexibility index (Phi) is 4.62. The van der Waals surface area contributed by atoms with Gasteiger partial charge in [0.1, 0.15) is 11.4 Å². The Morgan fingerprint density at radius 1 is 1.00 bits per heavy atom. The Hall–Kier alpha value is -3.18. The van der Waals surface area contributed by atoms with Crippen LogP contribution in [0.25, 0.3) is 16.3 Å². The topological polar surface area (TPSA) is 39.4 Å². The molecular weight excluding hydrogens is 342 g/mol. The highest BCUT2D eigenvalue weighted by Crippen LogP contribution is 2.27. The van der Waals surface area contributed by atoms with Crippen molar-refractivity contribution in [2.45, 2.75) is 0 Å². The minimum absolute atomic E-state index is 0.820. The van der Waals surface area contributed by atoms with Gasteiger partial charge in [-0.2, -0.15) is 5.10 Å². The van der Waals surface area contributed by atoms with Gasteiger partial charge >= 0.3 is 0 Å². The molecule has 2 heterocycles. The zero-order valence-corrected chi connectivity index (χ0v) is 15.1. The number of methoxy groups -OCH3 is 1. The van der Waals surface area contributed by atoms with E-state index >= 15 is 0 Å². The molecular formula is C21H17N3OS. The first-order chi connectivity index (χ1) is 12.8. The minimum Gasteiger partial charge on any atom is -0.497 e. The summed E-state index contributed by atoms with van der Waals surface area (Å²) in [6.07, 6.45) is 3.88. The second-order valence-electron chi connectivity index (χ2n) is 5.65. The molecule has 0 aliphatic rings. The van der Waals surface area contributed by atoms with E-state index in [1.54, 1.807) is 18.4 Å². The van der Waals surface area contributed by atoms with E-state index in [0.29, 0.717) is 0 Å². The molecule has 0 bridgehead atoms. The summed E-state index contributed by atoms with van der Waals surface area (Å²) in [4.78, 5) is 5.72. The van der Waals surface area contributed by atoms with Crippen LogP contribution in [0.5, 0.6) is 5.75 Å². The number of aromatic nitrogens is 2. The van der Waals surface area contributed by atoms with Crippen molar-refractivity contribution in [3.8, 4) is 22.0 Å². The summed E-state index contributed by atoms with van der Waals surface area (Å²) in [6.45, 7) is 0. The number of rotatable bonds is 5. The van der Waals surface area contributed by atoms with Crippen molar-refractivity contribution in [2.75, 3.05) is 7.11 Å². The quantitative estimate of drug-likeness (QED) is 0.450. The molecule has 0 radical (unpaired) electrons. The maximum Gasteiger partial charge on any atom is 0.119 e. The number of aliphatic imine (C=N–C) groups is 1. The number of thiophene rings is 1. The number of para-hydroxylation sites is 1. The molecule has 0 aliphatic heterocycles. The van der Waals surface area contributed by atoms with Gasteiger partial charge in [0.05, 0.1) is 23.4 Å². The lowest BCUT2D eigenvalue weighted by atomic mass is 10.2. The lowest BCUT2D eigenvalue weighted by molar-refractivity contribution is 0.415. The molecule has 0 amide bonds. The average Bonchev–Trinajstić information content (AvgIpc) is 3.37. The summed E-state index contributed by atoms with van der Waals surface area (Å²) in [5.74, 6) is 0.820. The molecule has 2 aromatic heterocycles. The van der Waals surface area contributed by atoms with Crippen LogP contribution >= 0.6 is 11.3 Å². The number of nitrogens with zero attached hydrogens (tertiary/aromatic N) is 3. The fourth-order valence-corrected chi connectivity index (χ4v) is 3.34. The van der Waals surface area contributed by atoms with Crippen LogP contribution in [0.2, 0.25) is 0 Å². The molecule has 5 heteroatoms. The van der Waals surface area contributed by atoms with Gasteiger partial charge in [0, 0.05) is 18.0 Å². The fourth-order valence-electron chi connectivity index (χ4n) is 2.61. The molecule has 26 heavy (non-hydrogen) atoms. The molecule has 4 nitrogen and oxygen atoms in total. The largest absolute Gasteiger partial charge is 0.497 e. The third kappa shape index (κ3) is 3.43. The van der Waals surface area contributed by atoms with Crippen LogP contribution in [-0.4, -0.2) is 23.1 Å². The van der Waals surface area contributed by atoms with E-state index in [2.05, 4.69) is 16.4 Å². The molecule has 0 saturated carbocycles. The fraction of sp³-hybridized carbons (Fsp3) is 0.0476. The monoisotopic (exact) mass is 359 g/mol. The van der Waals surface area contributed by atoms with Gasteiger partial charge < -0.3 is 4.74 Å². The van der Waals surface area contributed by atoms with E-state index < -0.39 is 0 Å². The molecule has 2 aromatic carbocycles. The normalized spacial score (nSPS) is 11.1. The van der Waals surface area contributed by atoms with Crippen molar-refractivity contribution in [3.63, 3.8) is 0 Å². The van der Waals surface area contributed by atoms with Gasteiger partial charge in [0.2, 0.25) is 0 Å². The Morgan fingerprint density at radius 2 is 1.81 bits per heavy atom. The van der Waals surface area contributed by atoms with Crippen LogP contribution in [0, 0.1) is 0 Å². The predicted octanol–water partition coefficient (Wildman–Crippen LogP) is 5.36. The van der Waals surface area contributed by atoms with Gasteiger partial charge in [0.25, 0.3) is 0 Å². The first kappa shape index (κ1) is 16.3. The van der Waals surface area contributed by atoms with Crippen molar-refractivity contribution in [3.05, 3.63) is 83.9 Å². The molecule has 0 spiro atoms.